The van der Waals surface area contributed by atoms with Gasteiger partial charge in [-0.3, -0.25) is 0 Å². The van der Waals surface area contributed by atoms with Crippen LogP contribution in [0.5, 0.6) is 0 Å². The first-order valence-electron chi connectivity index (χ1n) is 8.36. The number of aromatic carboxylic acids is 1. The second-order valence-corrected chi connectivity index (χ2v) is 6.08. The van der Waals surface area contributed by atoms with E-state index < -0.39 is 29.7 Å². The Kier molecular flexibility index (Phi) is 4.94. The van der Waals surface area contributed by atoms with Gasteiger partial charge in [0.2, 0.25) is 0 Å². The lowest BCUT2D eigenvalue weighted by molar-refractivity contribution is -0.152. The number of carboxylic acids is 1. The summed E-state index contributed by atoms with van der Waals surface area (Å²) in [6.07, 6.45) is -1.62. The molecular weight excluding hydrogens is 369 g/mol. The van der Waals surface area contributed by atoms with Crippen molar-refractivity contribution in [2.75, 3.05) is 18.1 Å². The normalized spacial score (nSPS) is 17.9. The zero-order valence-electron chi connectivity index (χ0n) is 14.4. The molecular formula is C16H17F3N4O4. The van der Waals surface area contributed by atoms with E-state index >= 15 is 0 Å². The average Bonchev–Trinajstić information content (AvgIpc) is 3.03. The monoisotopic (exact) mass is 386 g/mol. The van der Waals surface area contributed by atoms with E-state index in [2.05, 4.69) is 10.1 Å². The van der Waals surface area contributed by atoms with Crippen molar-refractivity contribution in [3.05, 3.63) is 23.5 Å². The number of hydrogen-bond donors (Lipinski definition) is 1. The number of halogens is 3. The molecule has 0 bridgehead atoms. The van der Waals surface area contributed by atoms with Crippen LogP contribution in [-0.4, -0.2) is 57.0 Å². The highest BCUT2D eigenvalue weighted by Crippen LogP contribution is 2.36. The SMILES string of the molecule is CCOC(=O)c1cnn2cc(C(=O)O)c(N3CCCCC3C(F)(F)F)nc12. The number of ether oxygens (including phenoxy) is 1. The van der Waals surface area contributed by atoms with Crippen LogP contribution in [0.1, 0.15) is 46.9 Å². The first-order chi connectivity index (χ1) is 12.7. The second-order valence-electron chi connectivity index (χ2n) is 6.08. The van der Waals surface area contributed by atoms with Crippen molar-refractivity contribution in [3.63, 3.8) is 0 Å². The average molecular weight is 386 g/mol. The first-order valence-corrected chi connectivity index (χ1v) is 8.36. The molecule has 0 spiro atoms. The zero-order chi connectivity index (χ0) is 19.8. The number of anilines is 1. The maximum atomic E-state index is 13.5. The molecule has 0 aromatic carbocycles. The van der Waals surface area contributed by atoms with Crippen LogP contribution < -0.4 is 4.90 Å². The highest BCUT2D eigenvalue weighted by molar-refractivity contribution is 5.98. The van der Waals surface area contributed by atoms with Gasteiger partial charge in [-0.1, -0.05) is 0 Å². The highest BCUT2D eigenvalue weighted by Gasteiger charge is 2.46. The number of aromatic nitrogens is 3. The minimum atomic E-state index is -4.53. The molecule has 3 rings (SSSR count). The van der Waals surface area contributed by atoms with Gasteiger partial charge < -0.3 is 14.7 Å². The molecule has 11 heteroatoms. The summed E-state index contributed by atoms with van der Waals surface area (Å²) in [6, 6.07) is -1.84. The van der Waals surface area contributed by atoms with Gasteiger partial charge in [0.15, 0.2) is 5.65 Å². The van der Waals surface area contributed by atoms with Gasteiger partial charge in [-0.05, 0) is 26.2 Å². The van der Waals surface area contributed by atoms with Crippen LogP contribution >= 0.6 is 0 Å². The Balaban J connectivity index is 2.17. The Morgan fingerprint density at radius 2 is 2.07 bits per heavy atom. The fourth-order valence-electron chi connectivity index (χ4n) is 3.15. The number of rotatable bonds is 4. The van der Waals surface area contributed by atoms with Crippen LogP contribution in [0.2, 0.25) is 0 Å². The Hall–Kier alpha value is -2.85. The molecule has 8 nitrogen and oxygen atoms in total. The molecule has 0 saturated carbocycles. The van der Waals surface area contributed by atoms with Crippen LogP contribution in [0.25, 0.3) is 5.65 Å². The molecule has 1 aliphatic heterocycles. The van der Waals surface area contributed by atoms with E-state index in [4.69, 9.17) is 4.74 Å². The predicted molar refractivity (Wildman–Crippen MR) is 86.9 cm³/mol. The number of carbonyl (C=O) groups is 2. The maximum absolute atomic E-state index is 13.5. The van der Waals surface area contributed by atoms with Crippen LogP contribution in [-0.2, 0) is 4.74 Å². The quantitative estimate of drug-likeness (QED) is 0.807. The van der Waals surface area contributed by atoms with Crippen LogP contribution in [0.3, 0.4) is 0 Å². The maximum Gasteiger partial charge on any atom is 0.408 e. The third-order valence-electron chi connectivity index (χ3n) is 4.35. The summed E-state index contributed by atoms with van der Waals surface area (Å²) in [5.74, 6) is -2.50. The predicted octanol–water partition coefficient (Wildman–Crippen LogP) is 2.53. The van der Waals surface area contributed by atoms with Crippen molar-refractivity contribution in [1.29, 1.82) is 0 Å². The Labute approximate surface area is 151 Å². The zero-order valence-corrected chi connectivity index (χ0v) is 14.4. The number of alkyl halides is 3. The molecule has 1 unspecified atom stereocenters. The molecule has 27 heavy (non-hydrogen) atoms. The molecule has 0 amide bonds. The summed E-state index contributed by atoms with van der Waals surface area (Å²) in [6.45, 7) is 1.71. The summed E-state index contributed by atoms with van der Waals surface area (Å²) < 4.78 is 46.3. The van der Waals surface area contributed by atoms with Gasteiger partial charge in [-0.15, -0.1) is 0 Å². The largest absolute Gasteiger partial charge is 0.477 e. The minimum Gasteiger partial charge on any atom is -0.477 e. The number of piperidine rings is 1. The summed E-state index contributed by atoms with van der Waals surface area (Å²) in [4.78, 5) is 28.7. The Morgan fingerprint density at radius 3 is 2.70 bits per heavy atom. The van der Waals surface area contributed by atoms with E-state index in [1.165, 1.54) is 0 Å². The third-order valence-corrected chi connectivity index (χ3v) is 4.35. The fourth-order valence-corrected chi connectivity index (χ4v) is 3.15. The summed E-state index contributed by atoms with van der Waals surface area (Å²) in [5, 5.41) is 13.3. The summed E-state index contributed by atoms with van der Waals surface area (Å²) in [5.41, 5.74) is -0.521. The fraction of sp³-hybridized carbons (Fsp3) is 0.500. The van der Waals surface area contributed by atoms with E-state index in [1.54, 1.807) is 6.92 Å². The van der Waals surface area contributed by atoms with Crippen molar-refractivity contribution in [2.24, 2.45) is 0 Å². The van der Waals surface area contributed by atoms with Crippen LogP contribution in [0, 0.1) is 0 Å². The topological polar surface area (TPSA) is 97.0 Å². The molecule has 0 aliphatic carbocycles. The number of carboxylic acid groups (broad SMARTS) is 1. The lowest BCUT2D eigenvalue weighted by Crippen LogP contribution is -2.49. The lowest BCUT2D eigenvalue weighted by atomic mass is 10.0. The van der Waals surface area contributed by atoms with Crippen molar-refractivity contribution < 1.29 is 32.6 Å². The number of carbonyl (C=O) groups excluding carboxylic acids is 1. The van der Waals surface area contributed by atoms with E-state index in [-0.39, 0.29) is 36.6 Å². The van der Waals surface area contributed by atoms with E-state index in [0.29, 0.717) is 12.8 Å². The van der Waals surface area contributed by atoms with Crippen molar-refractivity contribution in [2.45, 2.75) is 38.4 Å². The smallest absolute Gasteiger partial charge is 0.408 e. The van der Waals surface area contributed by atoms with Gasteiger partial charge in [0.25, 0.3) is 0 Å². The molecule has 1 N–H and O–H groups in total. The van der Waals surface area contributed by atoms with E-state index in [1.807, 2.05) is 0 Å². The van der Waals surface area contributed by atoms with Gasteiger partial charge in [0.05, 0.1) is 12.8 Å². The first kappa shape index (κ1) is 18.9. The molecule has 3 heterocycles. The molecule has 1 fully saturated rings. The standard InChI is InChI=1S/C16H17F3N4O4/c1-2-27-15(26)9-7-20-23-8-10(14(24)25)12(21-13(9)23)22-6-4-3-5-11(22)16(17,18)19/h7-8,11H,2-6H2,1H3,(H,24,25). The number of nitrogens with zero attached hydrogens (tertiary/aromatic N) is 4. The second kappa shape index (κ2) is 7.05. The molecule has 0 radical (unpaired) electrons. The van der Waals surface area contributed by atoms with Crippen LogP contribution in [0.4, 0.5) is 19.0 Å². The number of fused-ring (bicyclic) bond motifs is 1. The van der Waals surface area contributed by atoms with Crippen molar-refractivity contribution in [3.8, 4) is 0 Å². The molecule has 1 saturated heterocycles. The summed E-state index contributed by atoms with van der Waals surface area (Å²) >= 11 is 0. The van der Waals surface area contributed by atoms with E-state index in [0.717, 1.165) is 21.8 Å². The van der Waals surface area contributed by atoms with Crippen molar-refractivity contribution in [1.82, 2.24) is 14.6 Å². The third kappa shape index (κ3) is 3.53. The number of hydrogen-bond acceptors (Lipinski definition) is 6. The van der Waals surface area contributed by atoms with E-state index in [9.17, 15) is 27.9 Å². The highest BCUT2D eigenvalue weighted by atomic mass is 19.4. The van der Waals surface area contributed by atoms with Gasteiger partial charge in [0.1, 0.15) is 23.0 Å². The van der Waals surface area contributed by atoms with Crippen LogP contribution in [0.15, 0.2) is 12.4 Å². The Morgan fingerprint density at radius 1 is 1.33 bits per heavy atom. The van der Waals surface area contributed by atoms with Gasteiger partial charge in [-0.25, -0.2) is 19.1 Å². The Bertz CT molecular complexity index is 880. The van der Waals surface area contributed by atoms with Gasteiger partial charge >= 0.3 is 18.1 Å². The molecule has 1 atom stereocenters. The molecule has 146 valence electrons. The molecule has 1 aliphatic rings. The molecule has 2 aromatic heterocycles. The lowest BCUT2D eigenvalue weighted by Gasteiger charge is -2.38. The van der Waals surface area contributed by atoms with Gasteiger partial charge in [-0.2, -0.15) is 18.3 Å². The summed E-state index contributed by atoms with van der Waals surface area (Å²) in [7, 11) is 0. The minimum absolute atomic E-state index is 0.0104. The number of esters is 1. The van der Waals surface area contributed by atoms with Crippen molar-refractivity contribution >= 4 is 23.4 Å². The molecule has 2 aromatic rings. The van der Waals surface area contributed by atoms with Gasteiger partial charge in [0, 0.05) is 12.7 Å².